The highest BCUT2D eigenvalue weighted by Gasteiger charge is 2.08. The highest BCUT2D eigenvalue weighted by Crippen LogP contribution is 2.09. The summed E-state index contributed by atoms with van der Waals surface area (Å²) in [7, 11) is 0. The summed E-state index contributed by atoms with van der Waals surface area (Å²) in [6.07, 6.45) is 10.7. The lowest BCUT2D eigenvalue weighted by atomic mass is 10.1. The fraction of sp³-hybridized carbons (Fsp3) is 0.421. The number of hydrogen-bond donors (Lipinski definition) is 1. The summed E-state index contributed by atoms with van der Waals surface area (Å²) >= 11 is 0. The van der Waals surface area contributed by atoms with Gasteiger partial charge in [-0.3, -0.25) is 4.79 Å². The van der Waals surface area contributed by atoms with Crippen molar-refractivity contribution in [1.82, 2.24) is 4.90 Å². The van der Waals surface area contributed by atoms with Crippen LogP contribution < -0.4 is 5.73 Å². The molecule has 0 bridgehead atoms. The normalized spacial score (nSPS) is 18.4. The molecule has 1 aliphatic carbocycles. The van der Waals surface area contributed by atoms with Gasteiger partial charge in [-0.15, -0.1) is 0 Å². The topological polar surface area (TPSA) is 46.3 Å². The van der Waals surface area contributed by atoms with Crippen LogP contribution >= 0.6 is 0 Å². The van der Waals surface area contributed by atoms with Gasteiger partial charge in [0.25, 0.3) is 0 Å². The summed E-state index contributed by atoms with van der Waals surface area (Å²) in [5.41, 5.74) is 7.47. The molecule has 0 saturated carbocycles. The molecule has 1 fully saturated rings. The van der Waals surface area contributed by atoms with Crippen molar-refractivity contribution >= 4 is 5.78 Å². The summed E-state index contributed by atoms with van der Waals surface area (Å²) in [4.78, 5) is 13.0. The van der Waals surface area contributed by atoms with Crippen molar-refractivity contribution in [3.05, 3.63) is 59.8 Å². The first-order chi connectivity index (χ1) is 10.7. The van der Waals surface area contributed by atoms with E-state index in [0.717, 1.165) is 0 Å². The first kappa shape index (κ1) is 16.5. The molecule has 2 N–H and O–H groups in total. The van der Waals surface area contributed by atoms with Crippen molar-refractivity contribution < 1.29 is 4.79 Å². The zero-order valence-corrected chi connectivity index (χ0v) is 13.2. The van der Waals surface area contributed by atoms with Crippen molar-refractivity contribution in [3.8, 4) is 0 Å². The van der Waals surface area contributed by atoms with Crippen molar-refractivity contribution in [2.45, 2.75) is 32.1 Å². The molecule has 0 unspecified atom stereocenters. The van der Waals surface area contributed by atoms with E-state index in [-0.39, 0.29) is 5.78 Å². The number of carbonyl (C=O) groups excluding carboxylic acids is 1. The number of nitrogens with two attached hydrogens (primary N) is 1. The summed E-state index contributed by atoms with van der Waals surface area (Å²) in [5, 5.41) is 0. The van der Waals surface area contributed by atoms with Crippen LogP contribution in [-0.4, -0.2) is 30.3 Å². The van der Waals surface area contributed by atoms with Gasteiger partial charge in [-0.1, -0.05) is 42.8 Å². The van der Waals surface area contributed by atoms with Gasteiger partial charge in [-0.25, -0.2) is 0 Å². The Kier molecular flexibility index (Phi) is 6.91. The fourth-order valence-electron chi connectivity index (χ4n) is 2.66. The molecule has 1 heterocycles. The Labute approximate surface area is 133 Å². The molecule has 0 spiro atoms. The first-order valence-electron chi connectivity index (χ1n) is 8.17. The van der Waals surface area contributed by atoms with E-state index in [1.807, 2.05) is 0 Å². The van der Waals surface area contributed by atoms with Gasteiger partial charge in [0.05, 0.1) is 0 Å². The number of piperidine rings is 1. The average Bonchev–Trinajstić information content (AvgIpc) is 2.58. The Morgan fingerprint density at radius 3 is 2.32 bits per heavy atom. The lowest BCUT2D eigenvalue weighted by molar-refractivity contribution is -0.113. The van der Waals surface area contributed by atoms with E-state index in [2.05, 4.69) is 35.2 Å². The van der Waals surface area contributed by atoms with E-state index in [4.69, 9.17) is 5.73 Å². The van der Waals surface area contributed by atoms with Crippen LogP contribution in [-0.2, 0) is 11.2 Å². The van der Waals surface area contributed by atoms with E-state index in [0.29, 0.717) is 12.1 Å². The van der Waals surface area contributed by atoms with Gasteiger partial charge < -0.3 is 10.6 Å². The number of likely N-dealkylation sites (tertiary alicyclic amines) is 1. The summed E-state index contributed by atoms with van der Waals surface area (Å²) in [5.74, 6) is 0.124. The van der Waals surface area contributed by atoms with Gasteiger partial charge in [0, 0.05) is 18.7 Å². The number of allylic oxidation sites excluding steroid dienone is 3. The number of benzene rings is 1. The maximum Gasteiger partial charge on any atom is 0.159 e. The average molecular weight is 298 g/mol. The zero-order chi connectivity index (χ0) is 15.6. The molecule has 1 aromatic carbocycles. The van der Waals surface area contributed by atoms with E-state index < -0.39 is 0 Å². The van der Waals surface area contributed by atoms with Crippen molar-refractivity contribution in [1.29, 1.82) is 0 Å². The summed E-state index contributed by atoms with van der Waals surface area (Å²) in [6, 6.07) is 10.8. The Balaban J connectivity index is 0.000000188. The van der Waals surface area contributed by atoms with Crippen LogP contribution in [0.2, 0.25) is 0 Å². The highest BCUT2D eigenvalue weighted by atomic mass is 16.1. The van der Waals surface area contributed by atoms with E-state index in [1.54, 1.807) is 12.2 Å². The first-order valence-corrected chi connectivity index (χ1v) is 8.17. The second-order valence-electron chi connectivity index (χ2n) is 5.85. The maximum atomic E-state index is 10.4. The summed E-state index contributed by atoms with van der Waals surface area (Å²) in [6.45, 7) is 3.86. The van der Waals surface area contributed by atoms with Crippen LogP contribution in [0.15, 0.2) is 54.3 Å². The number of rotatable bonds is 3. The SMILES string of the molecule is NC1=CCC(=O)C=C1.c1ccc(CCN2CCCCC2)cc1. The molecule has 3 rings (SSSR count). The fourth-order valence-corrected chi connectivity index (χ4v) is 2.66. The molecule has 118 valence electrons. The lowest BCUT2D eigenvalue weighted by Crippen LogP contribution is -2.31. The van der Waals surface area contributed by atoms with Crippen LogP contribution in [0.5, 0.6) is 0 Å². The van der Waals surface area contributed by atoms with Crippen molar-refractivity contribution in [2.24, 2.45) is 5.73 Å². The second kappa shape index (κ2) is 9.21. The number of hydrogen-bond acceptors (Lipinski definition) is 3. The second-order valence-corrected chi connectivity index (χ2v) is 5.85. The minimum absolute atomic E-state index is 0.124. The standard InChI is InChI=1S/C13H19N.C6H7NO/c1-3-7-13(8-4-1)9-12-14-10-5-2-6-11-14;7-5-1-3-6(8)4-2-5/h1,3-4,7-8H,2,5-6,9-12H2;1-3H,4,7H2. The predicted octanol–water partition coefficient (Wildman–Crippen LogP) is 3.07. The predicted molar refractivity (Wildman–Crippen MR) is 91.5 cm³/mol. The molecule has 1 aromatic rings. The van der Waals surface area contributed by atoms with Crippen LogP contribution in [0, 0.1) is 0 Å². The van der Waals surface area contributed by atoms with E-state index in [9.17, 15) is 4.79 Å². The Bertz CT molecular complexity index is 511. The van der Waals surface area contributed by atoms with Crippen LogP contribution in [0.25, 0.3) is 0 Å². The minimum Gasteiger partial charge on any atom is -0.399 e. The van der Waals surface area contributed by atoms with Crippen LogP contribution in [0.3, 0.4) is 0 Å². The minimum atomic E-state index is 0.124. The number of carbonyl (C=O) groups is 1. The molecule has 0 amide bonds. The molecule has 3 heteroatoms. The monoisotopic (exact) mass is 298 g/mol. The van der Waals surface area contributed by atoms with Crippen LogP contribution in [0.1, 0.15) is 31.2 Å². The van der Waals surface area contributed by atoms with Gasteiger partial charge >= 0.3 is 0 Å². The maximum absolute atomic E-state index is 10.4. The van der Waals surface area contributed by atoms with Crippen LogP contribution in [0.4, 0.5) is 0 Å². The molecule has 1 aliphatic heterocycles. The molecule has 1 saturated heterocycles. The van der Waals surface area contributed by atoms with Gasteiger partial charge in [0.2, 0.25) is 0 Å². The molecule has 2 aliphatic rings. The Hall–Kier alpha value is -1.87. The Morgan fingerprint density at radius 2 is 1.73 bits per heavy atom. The van der Waals surface area contributed by atoms with Gasteiger partial charge in [-0.05, 0) is 50.1 Å². The third kappa shape index (κ3) is 6.27. The van der Waals surface area contributed by atoms with Crippen molar-refractivity contribution in [3.63, 3.8) is 0 Å². The quantitative estimate of drug-likeness (QED) is 0.933. The van der Waals surface area contributed by atoms with Gasteiger partial charge in [0.15, 0.2) is 5.78 Å². The summed E-state index contributed by atoms with van der Waals surface area (Å²) < 4.78 is 0. The van der Waals surface area contributed by atoms with Gasteiger partial charge in [0.1, 0.15) is 0 Å². The van der Waals surface area contributed by atoms with Crippen molar-refractivity contribution in [2.75, 3.05) is 19.6 Å². The largest absolute Gasteiger partial charge is 0.399 e. The third-order valence-electron chi connectivity index (χ3n) is 4.01. The highest BCUT2D eigenvalue weighted by molar-refractivity contribution is 5.92. The van der Waals surface area contributed by atoms with Gasteiger partial charge in [-0.2, -0.15) is 0 Å². The molecule has 3 nitrogen and oxygen atoms in total. The molecule has 0 atom stereocenters. The van der Waals surface area contributed by atoms with E-state index >= 15 is 0 Å². The smallest absolute Gasteiger partial charge is 0.159 e. The Morgan fingerprint density at radius 1 is 1.00 bits per heavy atom. The molecular formula is C19H26N2O. The van der Waals surface area contributed by atoms with E-state index in [1.165, 1.54) is 57.0 Å². The molecule has 0 radical (unpaired) electrons. The number of ketones is 1. The molecule has 22 heavy (non-hydrogen) atoms. The zero-order valence-electron chi connectivity index (χ0n) is 13.2. The molecule has 0 aromatic heterocycles. The lowest BCUT2D eigenvalue weighted by Gasteiger charge is -2.26. The molecular weight excluding hydrogens is 272 g/mol. The third-order valence-corrected chi connectivity index (χ3v) is 4.01. The number of nitrogens with zero attached hydrogens (tertiary/aromatic N) is 1.